The van der Waals surface area contributed by atoms with Gasteiger partial charge in [-0.15, -0.1) is 18.3 Å². The van der Waals surface area contributed by atoms with Crippen LogP contribution in [0.4, 0.5) is 23.7 Å². The molecule has 4 aromatic rings. The van der Waals surface area contributed by atoms with E-state index in [0.717, 1.165) is 35.2 Å². The lowest BCUT2D eigenvalue weighted by molar-refractivity contribution is -0.274. The summed E-state index contributed by atoms with van der Waals surface area (Å²) in [7, 11) is 0. The molecule has 1 saturated carbocycles. The van der Waals surface area contributed by atoms with Crippen molar-refractivity contribution in [1.82, 2.24) is 20.1 Å². The number of halogens is 3. The molecular weight excluding hydrogens is 605 g/mol. The van der Waals surface area contributed by atoms with Gasteiger partial charge in [0.25, 0.3) is 0 Å². The molecule has 232 valence electrons. The van der Waals surface area contributed by atoms with Crippen molar-refractivity contribution >= 4 is 34.6 Å². The molecule has 13 heteroatoms. The predicted molar refractivity (Wildman–Crippen MR) is 166 cm³/mol. The molecule has 0 radical (unpaired) electrons. The number of amidine groups is 1. The van der Waals surface area contributed by atoms with Crippen LogP contribution in [0.25, 0.3) is 17.1 Å². The Morgan fingerprint density at radius 2 is 1.82 bits per heavy atom. The van der Waals surface area contributed by atoms with Crippen LogP contribution in [-0.4, -0.2) is 44.0 Å². The maximum absolute atomic E-state index is 13.0. The molecule has 6 rings (SSSR count). The summed E-state index contributed by atoms with van der Waals surface area (Å²) in [5.41, 5.74) is 5.02. The smallest absolute Gasteiger partial charge is 0.406 e. The Hall–Kier alpha value is -4.65. The first-order valence-corrected chi connectivity index (χ1v) is 15.4. The van der Waals surface area contributed by atoms with Gasteiger partial charge in [0, 0.05) is 5.56 Å². The van der Waals surface area contributed by atoms with Crippen molar-refractivity contribution in [2.75, 3.05) is 10.7 Å². The van der Waals surface area contributed by atoms with Crippen molar-refractivity contribution in [2.45, 2.75) is 51.4 Å². The van der Waals surface area contributed by atoms with Gasteiger partial charge in [0.2, 0.25) is 5.91 Å². The van der Waals surface area contributed by atoms with E-state index in [9.17, 15) is 22.8 Å². The molecule has 0 bridgehead atoms. The van der Waals surface area contributed by atoms with Crippen LogP contribution in [-0.2, 0) is 4.79 Å². The number of anilines is 1. The number of thioether (sulfide) groups is 1. The van der Waals surface area contributed by atoms with Crippen LogP contribution < -0.4 is 15.0 Å². The molecule has 2 fully saturated rings. The second-order valence-corrected chi connectivity index (χ2v) is 11.9. The molecule has 1 aliphatic carbocycles. The third-order valence-electron chi connectivity index (χ3n) is 7.77. The van der Waals surface area contributed by atoms with E-state index in [2.05, 4.69) is 37.3 Å². The van der Waals surface area contributed by atoms with E-state index < -0.39 is 12.4 Å². The number of aromatic nitrogens is 3. The Bertz CT molecular complexity index is 1750. The summed E-state index contributed by atoms with van der Waals surface area (Å²) in [6, 6.07) is 17.8. The Labute approximate surface area is 261 Å². The Balaban J connectivity index is 1.12. The number of urea groups is 1. The summed E-state index contributed by atoms with van der Waals surface area (Å²) < 4.78 is 42.7. The molecule has 3 amide bonds. The zero-order chi connectivity index (χ0) is 31.7. The van der Waals surface area contributed by atoms with Crippen LogP contribution in [0.2, 0.25) is 0 Å². The normalized spacial score (nSPS) is 17.0. The Morgan fingerprint density at radius 1 is 1.09 bits per heavy atom. The SMILES string of the molecule is Cc1ccc(C2CCC2)c(N2C(=O)CSC2=NC(=O)NC(C)c2ccc(-c3ncn(-c4ccc(OC(F)(F)F)cc4)n3)cc2)c1. The van der Waals surface area contributed by atoms with Crippen molar-refractivity contribution in [3.05, 3.63) is 89.7 Å². The lowest BCUT2D eigenvalue weighted by Gasteiger charge is -2.30. The Morgan fingerprint density at radius 3 is 2.49 bits per heavy atom. The van der Waals surface area contributed by atoms with Gasteiger partial charge in [-0.2, -0.15) is 4.99 Å². The molecule has 1 saturated heterocycles. The fourth-order valence-corrected chi connectivity index (χ4v) is 6.08. The fraction of sp³-hybridized carbons (Fsp3) is 0.281. The maximum Gasteiger partial charge on any atom is 0.573 e. The molecule has 0 spiro atoms. The standard InChI is InChI=1S/C32H29F3N6O3S/c1-19-6-15-26(22-4-3-5-22)27(16-19)41-28(42)17-45-31(41)38-30(43)37-20(2)21-7-9-23(10-8-21)29-36-18-40(39-29)24-11-13-25(14-12-24)44-32(33,34)35/h6-16,18,20,22H,3-5,17H2,1-2H3,(H,37,43). The molecule has 3 aromatic carbocycles. The number of aryl methyl sites for hydroxylation is 1. The topological polar surface area (TPSA) is 102 Å². The van der Waals surface area contributed by atoms with Crippen LogP contribution in [0.3, 0.4) is 0 Å². The summed E-state index contributed by atoms with van der Waals surface area (Å²) in [5, 5.41) is 7.69. The second-order valence-electron chi connectivity index (χ2n) is 10.9. The fourth-order valence-electron chi connectivity index (χ4n) is 5.22. The second kappa shape index (κ2) is 12.4. The van der Waals surface area contributed by atoms with E-state index in [1.54, 1.807) is 4.90 Å². The van der Waals surface area contributed by atoms with Crippen molar-refractivity contribution < 1.29 is 27.5 Å². The first-order valence-electron chi connectivity index (χ1n) is 14.4. The van der Waals surface area contributed by atoms with Gasteiger partial charge < -0.3 is 10.1 Å². The number of ether oxygens (including phenoxy) is 1. The van der Waals surface area contributed by atoms with Crippen LogP contribution in [0.1, 0.15) is 54.8 Å². The predicted octanol–water partition coefficient (Wildman–Crippen LogP) is 7.32. The van der Waals surface area contributed by atoms with Gasteiger partial charge in [-0.3, -0.25) is 9.69 Å². The van der Waals surface area contributed by atoms with Crippen LogP contribution in [0.15, 0.2) is 78.0 Å². The molecule has 2 heterocycles. The Kier molecular flexibility index (Phi) is 8.36. The molecule has 1 unspecified atom stereocenters. The number of nitrogens with one attached hydrogen (secondary N) is 1. The summed E-state index contributed by atoms with van der Waals surface area (Å²) >= 11 is 1.26. The number of alkyl halides is 3. The van der Waals surface area contributed by atoms with Crippen molar-refractivity contribution in [3.63, 3.8) is 0 Å². The van der Waals surface area contributed by atoms with Gasteiger partial charge in [-0.05, 0) is 79.6 Å². The zero-order valence-corrected chi connectivity index (χ0v) is 25.2. The number of amides is 3. The van der Waals surface area contributed by atoms with E-state index in [1.807, 2.05) is 44.2 Å². The summed E-state index contributed by atoms with van der Waals surface area (Å²) in [6.45, 7) is 3.82. The summed E-state index contributed by atoms with van der Waals surface area (Å²) in [5.74, 6) is 0.634. The number of hydrogen-bond acceptors (Lipinski definition) is 6. The molecule has 1 aliphatic heterocycles. The molecular formula is C32H29F3N6O3S. The first kappa shape index (κ1) is 30.4. The average Bonchev–Trinajstić information content (AvgIpc) is 3.60. The highest BCUT2D eigenvalue weighted by molar-refractivity contribution is 8.15. The third kappa shape index (κ3) is 6.88. The third-order valence-corrected chi connectivity index (χ3v) is 8.69. The highest BCUT2D eigenvalue weighted by Gasteiger charge is 2.34. The minimum absolute atomic E-state index is 0.0927. The van der Waals surface area contributed by atoms with E-state index in [1.165, 1.54) is 53.5 Å². The van der Waals surface area contributed by atoms with Gasteiger partial charge >= 0.3 is 12.4 Å². The molecule has 1 N–H and O–H groups in total. The van der Waals surface area contributed by atoms with Gasteiger partial charge in [-0.1, -0.05) is 54.6 Å². The molecule has 45 heavy (non-hydrogen) atoms. The number of rotatable bonds is 7. The summed E-state index contributed by atoms with van der Waals surface area (Å²) in [4.78, 5) is 36.1. The summed E-state index contributed by atoms with van der Waals surface area (Å²) in [6.07, 6.45) is 0.0462. The number of nitrogens with zero attached hydrogens (tertiary/aromatic N) is 5. The van der Waals surface area contributed by atoms with Crippen LogP contribution in [0.5, 0.6) is 5.75 Å². The minimum Gasteiger partial charge on any atom is -0.406 e. The highest BCUT2D eigenvalue weighted by atomic mass is 32.2. The average molecular weight is 635 g/mol. The largest absolute Gasteiger partial charge is 0.573 e. The number of aliphatic imine (C=N–C) groups is 1. The van der Waals surface area contributed by atoms with Gasteiger partial charge in [0.1, 0.15) is 12.1 Å². The minimum atomic E-state index is -4.76. The van der Waals surface area contributed by atoms with Crippen LogP contribution in [0, 0.1) is 6.92 Å². The quantitative estimate of drug-likeness (QED) is 0.229. The van der Waals surface area contributed by atoms with Gasteiger partial charge in [0.15, 0.2) is 11.0 Å². The van der Waals surface area contributed by atoms with Crippen LogP contribution >= 0.6 is 11.8 Å². The number of benzene rings is 3. The zero-order valence-electron chi connectivity index (χ0n) is 24.4. The molecule has 9 nitrogen and oxygen atoms in total. The van der Waals surface area contributed by atoms with E-state index in [-0.39, 0.29) is 23.5 Å². The van der Waals surface area contributed by atoms with Crippen molar-refractivity contribution in [2.24, 2.45) is 4.99 Å². The monoisotopic (exact) mass is 634 g/mol. The molecule has 1 aromatic heterocycles. The van der Waals surface area contributed by atoms with Crippen molar-refractivity contribution in [1.29, 1.82) is 0 Å². The molecule has 2 aliphatic rings. The van der Waals surface area contributed by atoms with Crippen molar-refractivity contribution in [3.8, 4) is 22.8 Å². The van der Waals surface area contributed by atoms with E-state index in [0.29, 0.717) is 28.2 Å². The first-order chi connectivity index (χ1) is 21.5. The lowest BCUT2D eigenvalue weighted by atomic mass is 9.79. The van der Waals surface area contributed by atoms with Gasteiger partial charge in [0.05, 0.1) is 23.2 Å². The maximum atomic E-state index is 13.0. The van der Waals surface area contributed by atoms with E-state index in [4.69, 9.17) is 0 Å². The number of carbonyl (C=O) groups is 2. The highest BCUT2D eigenvalue weighted by Crippen LogP contribution is 2.43. The number of hydrogen-bond donors (Lipinski definition) is 1. The molecule has 1 atom stereocenters. The number of carbonyl (C=O) groups excluding carboxylic acids is 2. The van der Waals surface area contributed by atoms with Gasteiger partial charge in [-0.25, -0.2) is 14.5 Å². The lowest BCUT2D eigenvalue weighted by Crippen LogP contribution is -2.33. The van der Waals surface area contributed by atoms with E-state index >= 15 is 0 Å².